The highest BCUT2D eigenvalue weighted by Gasteiger charge is 2.50. The summed E-state index contributed by atoms with van der Waals surface area (Å²) in [4.78, 5) is 13.0. The second-order valence-electron chi connectivity index (χ2n) is 16.1. The fourth-order valence-electron chi connectivity index (χ4n) is 9.75. The number of hydrogen-bond donors (Lipinski definition) is 0. The van der Waals surface area contributed by atoms with Crippen LogP contribution in [0.15, 0.2) is 240 Å². The maximum Gasteiger partial charge on any atom is 0.160 e. The van der Waals surface area contributed by atoms with Crippen molar-refractivity contribution in [3.63, 3.8) is 0 Å². The van der Waals surface area contributed by atoms with Gasteiger partial charge in [0.05, 0.1) is 16.8 Å². The highest BCUT2D eigenvalue weighted by atomic mass is 32.2. The first-order valence-corrected chi connectivity index (χ1v) is 22.0. The molecular weight excluding hydrogens is 769 g/mol. The largest absolute Gasteiger partial charge is 0.228 e. The minimum Gasteiger partial charge on any atom is -0.228 e. The molecule has 9 aromatic carbocycles. The third kappa shape index (κ3) is 5.89. The minimum atomic E-state index is -0.413. The van der Waals surface area contributed by atoms with Crippen LogP contribution in [-0.2, 0) is 5.41 Å². The van der Waals surface area contributed by atoms with Gasteiger partial charge in [-0.1, -0.05) is 218 Å². The number of aromatic nitrogens is 2. The van der Waals surface area contributed by atoms with Crippen molar-refractivity contribution in [2.24, 2.45) is 0 Å². The number of benzene rings is 9. The van der Waals surface area contributed by atoms with Crippen LogP contribution in [0.4, 0.5) is 0 Å². The lowest BCUT2D eigenvalue weighted by molar-refractivity contribution is 0.723. The second-order valence-corrected chi connectivity index (χ2v) is 17.1. The smallest absolute Gasteiger partial charge is 0.160 e. The summed E-state index contributed by atoms with van der Waals surface area (Å²) < 4.78 is 0. The van der Waals surface area contributed by atoms with Gasteiger partial charge in [0.15, 0.2) is 5.82 Å². The van der Waals surface area contributed by atoms with Crippen molar-refractivity contribution in [3.05, 3.63) is 253 Å². The molecule has 1 aromatic heterocycles. The lowest BCUT2D eigenvalue weighted by atomic mass is 9.67. The number of rotatable bonds is 6. The summed E-state index contributed by atoms with van der Waals surface area (Å²) >= 11 is 1.90. The topological polar surface area (TPSA) is 25.8 Å². The summed E-state index contributed by atoms with van der Waals surface area (Å²) in [5.41, 5.74) is 19.5. The van der Waals surface area contributed by atoms with E-state index in [1.807, 2.05) is 17.8 Å². The Hall–Kier alpha value is -7.59. The zero-order valence-electron chi connectivity index (χ0n) is 33.7. The van der Waals surface area contributed by atoms with E-state index in [1.54, 1.807) is 0 Å². The molecule has 0 bridgehead atoms. The van der Waals surface area contributed by atoms with Crippen LogP contribution in [0.1, 0.15) is 22.3 Å². The first-order valence-electron chi connectivity index (χ1n) is 21.1. The molecule has 1 spiro atoms. The van der Waals surface area contributed by atoms with E-state index >= 15 is 0 Å². The Morgan fingerprint density at radius 2 is 0.726 bits per heavy atom. The third-order valence-corrected chi connectivity index (χ3v) is 13.8. The Bertz CT molecular complexity index is 3270. The third-order valence-electron chi connectivity index (χ3n) is 12.6. The van der Waals surface area contributed by atoms with E-state index in [0.29, 0.717) is 5.82 Å². The molecule has 2 aliphatic rings. The van der Waals surface area contributed by atoms with Gasteiger partial charge in [0, 0.05) is 26.5 Å². The quantitative estimate of drug-likeness (QED) is 0.167. The molecular formula is C59H38N2S. The SMILES string of the molecule is c1ccc(-c2ccc(-c3cc(-c4ccccc4)nc(-c4cccc(-c5cccc(-c6cccc7c6Sc6ccccc6C76c7ccccc7-c7ccccc76)c5)c4)n3)cc2)cc1. The van der Waals surface area contributed by atoms with E-state index < -0.39 is 5.41 Å². The fraction of sp³-hybridized carbons (Fsp3) is 0.0169. The van der Waals surface area contributed by atoms with Crippen LogP contribution in [0.2, 0.25) is 0 Å². The summed E-state index contributed by atoms with van der Waals surface area (Å²) in [6, 6.07) is 83.3. The van der Waals surface area contributed by atoms with Gasteiger partial charge >= 0.3 is 0 Å². The second kappa shape index (κ2) is 14.8. The van der Waals surface area contributed by atoms with Crippen LogP contribution in [0, 0.1) is 0 Å². The lowest BCUT2D eigenvalue weighted by Gasteiger charge is -2.40. The molecule has 10 aromatic rings. The van der Waals surface area contributed by atoms with Crippen molar-refractivity contribution in [2.75, 3.05) is 0 Å². The maximum absolute atomic E-state index is 5.22. The van der Waals surface area contributed by atoms with Crippen molar-refractivity contribution in [2.45, 2.75) is 15.2 Å². The van der Waals surface area contributed by atoms with Gasteiger partial charge in [-0.25, -0.2) is 9.97 Å². The van der Waals surface area contributed by atoms with E-state index in [-0.39, 0.29) is 0 Å². The molecule has 0 atom stereocenters. The number of fused-ring (bicyclic) bond motifs is 9. The Labute approximate surface area is 366 Å². The summed E-state index contributed by atoms with van der Waals surface area (Å²) in [7, 11) is 0. The van der Waals surface area contributed by atoms with E-state index in [4.69, 9.17) is 9.97 Å². The van der Waals surface area contributed by atoms with Gasteiger partial charge in [-0.3, -0.25) is 0 Å². The molecule has 0 unspecified atom stereocenters. The normalized spacial score (nSPS) is 12.9. The fourth-order valence-corrected chi connectivity index (χ4v) is 11.1. The zero-order valence-corrected chi connectivity index (χ0v) is 34.6. The summed E-state index contributed by atoms with van der Waals surface area (Å²) in [5, 5.41) is 0. The lowest BCUT2D eigenvalue weighted by Crippen LogP contribution is -2.32. The van der Waals surface area contributed by atoms with Crippen LogP contribution in [0.3, 0.4) is 0 Å². The Balaban J connectivity index is 0.957. The average molecular weight is 807 g/mol. The van der Waals surface area contributed by atoms with Crippen molar-refractivity contribution in [3.8, 4) is 78.4 Å². The van der Waals surface area contributed by atoms with E-state index in [2.05, 4.69) is 224 Å². The van der Waals surface area contributed by atoms with Crippen molar-refractivity contribution in [1.82, 2.24) is 9.97 Å². The molecule has 1 aliphatic heterocycles. The first-order chi connectivity index (χ1) is 30.7. The molecule has 2 nitrogen and oxygen atoms in total. The maximum atomic E-state index is 5.22. The standard InChI is InChI=1S/C59H38N2S/c1-3-16-39(17-4-1)40-32-34-42(35-33-40)55-38-54(41-18-5-2-6-19-41)60-58(61-55)46-23-14-21-44(37-46)43-20-13-22-45(36-43)47-26-15-30-53-57(47)62-56-31-12-11-29-52(56)59(53)50-27-9-7-24-48(50)49-25-8-10-28-51(49)59/h1-38H. The average Bonchev–Trinajstić information content (AvgIpc) is 3.65. The van der Waals surface area contributed by atoms with Gasteiger partial charge in [0.1, 0.15) is 0 Å². The van der Waals surface area contributed by atoms with Gasteiger partial charge < -0.3 is 0 Å². The predicted octanol–water partition coefficient (Wildman–Crippen LogP) is 15.3. The van der Waals surface area contributed by atoms with Crippen LogP contribution in [0.25, 0.3) is 78.4 Å². The molecule has 0 saturated carbocycles. The summed E-state index contributed by atoms with van der Waals surface area (Å²) in [6.07, 6.45) is 0. The molecule has 0 fully saturated rings. The van der Waals surface area contributed by atoms with Crippen LogP contribution in [0.5, 0.6) is 0 Å². The molecule has 0 N–H and O–H groups in total. The minimum absolute atomic E-state index is 0.413. The van der Waals surface area contributed by atoms with E-state index in [1.165, 1.54) is 65.4 Å². The van der Waals surface area contributed by atoms with E-state index in [0.717, 1.165) is 39.2 Å². The van der Waals surface area contributed by atoms with Crippen molar-refractivity contribution < 1.29 is 0 Å². The van der Waals surface area contributed by atoms with Gasteiger partial charge in [0.25, 0.3) is 0 Å². The predicted molar refractivity (Wildman–Crippen MR) is 256 cm³/mol. The van der Waals surface area contributed by atoms with E-state index in [9.17, 15) is 0 Å². The number of nitrogens with zero attached hydrogens (tertiary/aromatic N) is 2. The van der Waals surface area contributed by atoms with Crippen LogP contribution in [-0.4, -0.2) is 9.97 Å². The molecule has 290 valence electrons. The molecule has 0 amide bonds. The Kier molecular flexibility index (Phi) is 8.69. The van der Waals surface area contributed by atoms with Crippen LogP contribution < -0.4 is 0 Å². The van der Waals surface area contributed by atoms with Crippen molar-refractivity contribution in [1.29, 1.82) is 0 Å². The monoisotopic (exact) mass is 806 g/mol. The summed E-state index contributed by atoms with van der Waals surface area (Å²) in [6.45, 7) is 0. The zero-order chi connectivity index (χ0) is 41.0. The molecule has 2 heterocycles. The van der Waals surface area contributed by atoms with Crippen LogP contribution >= 0.6 is 11.8 Å². The van der Waals surface area contributed by atoms with Gasteiger partial charge in [-0.15, -0.1) is 0 Å². The Morgan fingerprint density at radius 3 is 1.40 bits per heavy atom. The summed E-state index contributed by atoms with van der Waals surface area (Å²) in [5.74, 6) is 0.695. The highest BCUT2D eigenvalue weighted by Crippen LogP contribution is 2.63. The first kappa shape index (κ1) is 36.3. The molecule has 0 saturated heterocycles. The van der Waals surface area contributed by atoms with Gasteiger partial charge in [-0.2, -0.15) is 0 Å². The molecule has 0 radical (unpaired) electrons. The highest BCUT2D eigenvalue weighted by molar-refractivity contribution is 7.99. The molecule has 12 rings (SSSR count). The van der Waals surface area contributed by atoms with Crippen molar-refractivity contribution >= 4 is 11.8 Å². The number of hydrogen-bond acceptors (Lipinski definition) is 3. The molecule has 1 aliphatic carbocycles. The Morgan fingerprint density at radius 1 is 0.290 bits per heavy atom. The van der Waals surface area contributed by atoms with Gasteiger partial charge in [0.2, 0.25) is 0 Å². The van der Waals surface area contributed by atoms with Gasteiger partial charge in [-0.05, 0) is 91.0 Å². The molecule has 3 heteroatoms. The molecule has 62 heavy (non-hydrogen) atoms.